The maximum Gasteiger partial charge on any atom is 0.220 e. The minimum atomic E-state index is -0.132. The van der Waals surface area contributed by atoms with Gasteiger partial charge in [-0.2, -0.15) is 0 Å². The van der Waals surface area contributed by atoms with Crippen molar-refractivity contribution in [1.29, 1.82) is 0 Å². The molecule has 1 aliphatic heterocycles. The van der Waals surface area contributed by atoms with Crippen LogP contribution in [-0.2, 0) is 11.3 Å². The molecule has 0 radical (unpaired) electrons. The van der Waals surface area contributed by atoms with E-state index in [0.717, 1.165) is 49.9 Å². The second-order valence-electron chi connectivity index (χ2n) is 5.61. The van der Waals surface area contributed by atoms with Gasteiger partial charge in [0, 0.05) is 17.3 Å². The quantitative estimate of drug-likeness (QED) is 0.696. The molecule has 7 heteroatoms. The van der Waals surface area contributed by atoms with Crippen LogP contribution in [0, 0.1) is 5.92 Å². The van der Waals surface area contributed by atoms with Crippen molar-refractivity contribution in [2.24, 2.45) is 11.7 Å². The smallest absolute Gasteiger partial charge is 0.220 e. The lowest BCUT2D eigenvalue weighted by Crippen LogP contribution is -2.39. The number of piperidine rings is 1. The lowest BCUT2D eigenvalue weighted by molar-refractivity contribution is -0.123. The number of likely N-dealkylation sites (tertiary alicyclic amines) is 1. The van der Waals surface area contributed by atoms with Crippen molar-refractivity contribution >= 4 is 41.3 Å². The molecule has 2 heterocycles. The summed E-state index contributed by atoms with van der Waals surface area (Å²) in [5, 5.41) is 3.45. The van der Waals surface area contributed by atoms with Gasteiger partial charge in [0.25, 0.3) is 0 Å². The number of primary amides is 1. The van der Waals surface area contributed by atoms with E-state index < -0.39 is 0 Å². The van der Waals surface area contributed by atoms with Crippen LogP contribution in [0.3, 0.4) is 0 Å². The normalized spacial score (nSPS) is 16.4. The number of hydrogen-bond acceptors (Lipinski definition) is 4. The Labute approximate surface area is 147 Å². The summed E-state index contributed by atoms with van der Waals surface area (Å²) in [6.07, 6.45) is 4.22. The lowest BCUT2D eigenvalue weighted by Gasteiger charge is -2.30. The van der Waals surface area contributed by atoms with Gasteiger partial charge in [-0.3, -0.25) is 4.79 Å². The molecule has 0 saturated carbocycles. The molecular weight excluding hydrogens is 341 g/mol. The van der Waals surface area contributed by atoms with Gasteiger partial charge in [0.15, 0.2) is 0 Å². The molecule has 0 unspecified atom stereocenters. The van der Waals surface area contributed by atoms with E-state index in [1.165, 1.54) is 17.7 Å². The maximum absolute atomic E-state index is 11.1. The van der Waals surface area contributed by atoms with Crippen LogP contribution in [-0.4, -0.2) is 37.0 Å². The molecule has 0 atom stereocenters. The standard InChI is InChI=1S/C15H24ClN3OS.ClH/c16-14-4-3-13(21-14)11-18-7-1-2-8-19-9-5-12(6-10-19)15(17)20;/h3-4,12,18H,1-2,5-11H2,(H2,17,20);1H. The van der Waals surface area contributed by atoms with Crippen molar-refractivity contribution in [1.82, 2.24) is 10.2 Å². The fourth-order valence-electron chi connectivity index (χ4n) is 2.68. The highest BCUT2D eigenvalue weighted by molar-refractivity contribution is 7.16. The van der Waals surface area contributed by atoms with E-state index in [4.69, 9.17) is 17.3 Å². The van der Waals surface area contributed by atoms with Crippen molar-refractivity contribution in [2.45, 2.75) is 32.2 Å². The molecule has 22 heavy (non-hydrogen) atoms. The molecule has 1 aromatic heterocycles. The van der Waals surface area contributed by atoms with Gasteiger partial charge >= 0.3 is 0 Å². The van der Waals surface area contributed by atoms with E-state index in [2.05, 4.69) is 16.3 Å². The monoisotopic (exact) mass is 365 g/mol. The number of hydrogen-bond donors (Lipinski definition) is 2. The number of halogens is 2. The summed E-state index contributed by atoms with van der Waals surface area (Å²) in [7, 11) is 0. The third-order valence-corrected chi connectivity index (χ3v) is 5.23. The molecular formula is C15H25Cl2N3OS. The van der Waals surface area contributed by atoms with Crippen LogP contribution in [0.2, 0.25) is 4.34 Å². The number of amides is 1. The summed E-state index contributed by atoms with van der Waals surface area (Å²) in [6.45, 7) is 5.08. The summed E-state index contributed by atoms with van der Waals surface area (Å²) in [6, 6.07) is 4.02. The SMILES string of the molecule is Cl.NC(=O)C1CCN(CCCCNCc2ccc(Cl)s2)CC1. The van der Waals surface area contributed by atoms with Crippen molar-refractivity contribution in [3.05, 3.63) is 21.3 Å². The summed E-state index contributed by atoms with van der Waals surface area (Å²) in [5.41, 5.74) is 5.34. The molecule has 1 amide bonds. The van der Waals surface area contributed by atoms with E-state index in [-0.39, 0.29) is 24.2 Å². The zero-order valence-corrected chi connectivity index (χ0v) is 15.1. The highest BCUT2D eigenvalue weighted by atomic mass is 35.5. The number of unbranched alkanes of at least 4 members (excludes halogenated alkanes) is 1. The van der Waals surface area contributed by atoms with Gasteiger partial charge in [0.05, 0.1) is 4.34 Å². The first-order valence-corrected chi connectivity index (χ1v) is 8.81. The molecule has 0 bridgehead atoms. The van der Waals surface area contributed by atoms with Crippen LogP contribution in [0.4, 0.5) is 0 Å². The number of rotatable bonds is 8. The first-order valence-electron chi connectivity index (χ1n) is 7.62. The molecule has 1 aliphatic rings. The molecule has 0 aromatic carbocycles. The Morgan fingerprint density at radius 3 is 2.68 bits per heavy atom. The number of thiophene rings is 1. The predicted molar refractivity (Wildman–Crippen MR) is 95.9 cm³/mol. The van der Waals surface area contributed by atoms with Gasteiger partial charge in [-0.1, -0.05) is 11.6 Å². The van der Waals surface area contributed by atoms with Gasteiger partial charge in [0.1, 0.15) is 0 Å². The predicted octanol–water partition coefficient (Wildman–Crippen LogP) is 2.89. The molecule has 3 N–H and O–H groups in total. The highest BCUT2D eigenvalue weighted by Gasteiger charge is 2.22. The summed E-state index contributed by atoms with van der Waals surface area (Å²) in [5.74, 6) is -0.0342. The zero-order chi connectivity index (χ0) is 15.1. The van der Waals surface area contributed by atoms with Crippen molar-refractivity contribution in [3.63, 3.8) is 0 Å². The second-order valence-corrected chi connectivity index (χ2v) is 7.41. The van der Waals surface area contributed by atoms with Crippen LogP contribution < -0.4 is 11.1 Å². The Morgan fingerprint density at radius 2 is 2.09 bits per heavy atom. The Hall–Kier alpha value is -0.330. The number of carbonyl (C=O) groups is 1. The van der Waals surface area contributed by atoms with Crippen LogP contribution in [0.25, 0.3) is 0 Å². The average molecular weight is 366 g/mol. The molecule has 1 aromatic rings. The summed E-state index contributed by atoms with van der Waals surface area (Å²) in [4.78, 5) is 14.8. The molecule has 2 rings (SSSR count). The Bertz CT molecular complexity index is 448. The molecule has 4 nitrogen and oxygen atoms in total. The number of nitrogens with one attached hydrogen (secondary N) is 1. The average Bonchev–Trinajstić information content (AvgIpc) is 2.89. The Kier molecular flexibility index (Phi) is 9.36. The Morgan fingerprint density at radius 1 is 1.36 bits per heavy atom. The molecule has 1 fully saturated rings. The highest BCUT2D eigenvalue weighted by Crippen LogP contribution is 2.21. The number of nitrogens with two attached hydrogens (primary N) is 1. The van der Waals surface area contributed by atoms with Crippen LogP contribution >= 0.6 is 35.3 Å². The van der Waals surface area contributed by atoms with Crippen molar-refractivity contribution < 1.29 is 4.79 Å². The molecule has 126 valence electrons. The summed E-state index contributed by atoms with van der Waals surface area (Å²) >= 11 is 7.53. The minimum Gasteiger partial charge on any atom is -0.369 e. The number of carbonyl (C=O) groups excluding carboxylic acids is 1. The third kappa shape index (κ3) is 6.84. The van der Waals surface area contributed by atoms with E-state index >= 15 is 0 Å². The van der Waals surface area contributed by atoms with Gasteiger partial charge in [-0.05, 0) is 64.0 Å². The number of nitrogens with zero attached hydrogens (tertiary/aromatic N) is 1. The van der Waals surface area contributed by atoms with E-state index in [9.17, 15) is 4.79 Å². The Balaban J connectivity index is 0.00000242. The third-order valence-electron chi connectivity index (χ3n) is 4.00. The second kappa shape index (κ2) is 10.4. The van der Waals surface area contributed by atoms with Crippen LogP contribution in [0.1, 0.15) is 30.6 Å². The lowest BCUT2D eigenvalue weighted by atomic mass is 9.96. The molecule has 0 spiro atoms. The van der Waals surface area contributed by atoms with Gasteiger partial charge < -0.3 is 16.0 Å². The van der Waals surface area contributed by atoms with Crippen LogP contribution in [0.5, 0.6) is 0 Å². The van der Waals surface area contributed by atoms with Gasteiger partial charge in [-0.15, -0.1) is 23.7 Å². The zero-order valence-electron chi connectivity index (χ0n) is 12.7. The topological polar surface area (TPSA) is 58.4 Å². The fourth-order valence-corrected chi connectivity index (χ4v) is 3.74. The largest absolute Gasteiger partial charge is 0.369 e. The van der Waals surface area contributed by atoms with Gasteiger partial charge in [-0.25, -0.2) is 0 Å². The fraction of sp³-hybridized carbons (Fsp3) is 0.667. The first-order chi connectivity index (χ1) is 10.1. The summed E-state index contributed by atoms with van der Waals surface area (Å²) < 4.78 is 0.853. The van der Waals surface area contributed by atoms with Crippen molar-refractivity contribution in [3.8, 4) is 0 Å². The minimum absolute atomic E-state index is 0. The van der Waals surface area contributed by atoms with E-state index in [1.54, 1.807) is 11.3 Å². The van der Waals surface area contributed by atoms with E-state index in [1.807, 2.05) is 6.07 Å². The molecule has 0 aliphatic carbocycles. The van der Waals surface area contributed by atoms with Crippen molar-refractivity contribution in [2.75, 3.05) is 26.2 Å². The van der Waals surface area contributed by atoms with Gasteiger partial charge in [0.2, 0.25) is 5.91 Å². The molecule has 1 saturated heterocycles. The van der Waals surface area contributed by atoms with Crippen LogP contribution in [0.15, 0.2) is 12.1 Å². The maximum atomic E-state index is 11.1. The first kappa shape index (κ1) is 19.7. The van der Waals surface area contributed by atoms with E-state index in [0.29, 0.717) is 0 Å².